The molecule has 0 heterocycles. The van der Waals surface area contributed by atoms with Gasteiger partial charge in [0.1, 0.15) is 78.5 Å². The van der Waals surface area contributed by atoms with Gasteiger partial charge in [-0.05, 0) is 0 Å². The number of quaternary nitrogens is 12. The molecule has 12 rings (SSSR count). The van der Waals surface area contributed by atoms with Gasteiger partial charge in [0.2, 0.25) is 0 Å². The molecule has 0 saturated heterocycles. The van der Waals surface area contributed by atoms with Gasteiger partial charge < -0.3 is 114 Å². The van der Waals surface area contributed by atoms with Crippen LogP contribution in [0.5, 0.6) is 0 Å². The Bertz CT molecular complexity index is 3880. The summed E-state index contributed by atoms with van der Waals surface area (Å²) in [7, 11) is 67.6. The van der Waals surface area contributed by atoms with Crippen molar-refractivity contribution in [3.63, 3.8) is 0 Å². The minimum Gasteiger partial charge on any atom is -0.907 e. The topological polar surface area (TPSA) is 277 Å². The minimum atomic E-state index is -2.92. The standard InChI is InChI=1S/12C10H16N.4BO3/c12*1-11(2,3)9-10-7-5-4-6-8-10;4*2-1(3)4/h12*4-8H,9H2,1-3H3;;;;/q12*+1;4*-3. The fraction of sp³-hybridized carbons (Fsp3) is 0.400. The molecule has 0 aromatic heterocycles. The maximum atomic E-state index is 8.42. The van der Waals surface area contributed by atoms with Gasteiger partial charge >= 0.3 is 0 Å². The first kappa shape index (κ1) is 144. The van der Waals surface area contributed by atoms with Crippen molar-refractivity contribution < 1.29 is 114 Å². The summed E-state index contributed by atoms with van der Waals surface area (Å²) in [5.74, 6) is 0. The van der Waals surface area contributed by atoms with Crippen LogP contribution in [0.1, 0.15) is 66.8 Å². The van der Waals surface area contributed by atoms with Crippen LogP contribution in [0.2, 0.25) is 0 Å². The third kappa shape index (κ3) is 116. The van der Waals surface area contributed by atoms with Crippen LogP contribution in [-0.2, 0) is 78.5 Å². The number of hydrogen-bond acceptors (Lipinski definition) is 12. The molecule has 0 aliphatic heterocycles. The van der Waals surface area contributed by atoms with E-state index in [0.717, 1.165) is 132 Å². The number of benzene rings is 12. The monoisotopic (exact) mass is 2040 g/mol. The first-order valence-electron chi connectivity index (χ1n) is 49.9. The van der Waals surface area contributed by atoms with Gasteiger partial charge in [-0.25, -0.2) is 0 Å². The van der Waals surface area contributed by atoms with Crippen molar-refractivity contribution in [1.82, 2.24) is 0 Å². The number of hydrogen-bond donors (Lipinski definition) is 0. The number of nitrogens with zero attached hydrogens (tertiary/aromatic N) is 12. The summed E-state index contributed by atoms with van der Waals surface area (Å²) in [6.07, 6.45) is 0. The second-order valence-corrected chi connectivity index (χ2v) is 48.4. The SMILES string of the molecule is C[N+](C)(C)Cc1ccccc1.C[N+](C)(C)Cc1ccccc1.C[N+](C)(C)Cc1ccccc1.C[N+](C)(C)Cc1ccccc1.C[N+](C)(C)Cc1ccccc1.C[N+](C)(C)Cc1ccccc1.C[N+](C)(C)Cc1ccccc1.C[N+](C)(C)Cc1ccccc1.C[N+](C)(C)Cc1ccccc1.C[N+](C)(C)Cc1ccccc1.C[N+](C)(C)Cc1ccccc1.C[N+](C)(C)Cc1ccccc1.[O-]B([O-])[O-].[O-]B([O-])[O-].[O-]B([O-])[O-].[O-]B([O-])[O-]. The Labute approximate surface area is 901 Å². The summed E-state index contributed by atoms with van der Waals surface area (Å²) in [6.45, 7) is 13.2. The van der Waals surface area contributed by atoms with E-state index in [1.807, 2.05) is 0 Å². The molecule has 0 saturated carbocycles. The normalized spacial score (nSPS) is 11.0. The van der Waals surface area contributed by atoms with E-state index in [1.54, 1.807) is 0 Å². The van der Waals surface area contributed by atoms with Crippen LogP contribution in [-0.4, -0.2) is 337 Å². The summed E-state index contributed by atoms with van der Waals surface area (Å²) in [5.41, 5.74) is 16.8. The molecule has 0 N–H and O–H groups in total. The number of rotatable bonds is 24. The summed E-state index contributed by atoms with van der Waals surface area (Å²) in [4.78, 5) is 0. The maximum Gasteiger partial charge on any atom is 0.104 e. The predicted octanol–water partition coefficient (Wildman–Crippen LogP) is 6.92. The summed E-state index contributed by atoms with van der Waals surface area (Å²) in [6, 6.07) is 127. The van der Waals surface area contributed by atoms with E-state index in [4.69, 9.17) is 60.3 Å². The molecule has 28 heteroatoms. The fourth-order valence-electron chi connectivity index (χ4n) is 13.6. The molecule has 0 fully saturated rings. The van der Waals surface area contributed by atoms with Crippen LogP contribution in [0.4, 0.5) is 0 Å². The molecule has 0 atom stereocenters. The van der Waals surface area contributed by atoms with Crippen molar-refractivity contribution >= 4 is 29.3 Å². The van der Waals surface area contributed by atoms with Crippen LogP contribution < -0.4 is 60.3 Å². The summed E-state index contributed by atoms with van der Waals surface area (Å²) < 4.78 is 11.9. The van der Waals surface area contributed by atoms with E-state index in [-0.39, 0.29) is 0 Å². The zero-order valence-corrected chi connectivity index (χ0v) is 97.7. The van der Waals surface area contributed by atoms with Crippen LogP contribution in [0.25, 0.3) is 0 Å². The van der Waals surface area contributed by atoms with Gasteiger partial charge in [-0.3, -0.25) is 29.3 Å². The van der Waals surface area contributed by atoms with E-state index < -0.39 is 29.3 Å². The largest absolute Gasteiger partial charge is 0.907 e. The Morgan fingerprint density at radius 1 is 0.101 bits per heavy atom. The second kappa shape index (κ2) is 76.4. The highest BCUT2D eigenvalue weighted by Gasteiger charge is 2.16. The van der Waals surface area contributed by atoms with Crippen LogP contribution in [0, 0.1) is 0 Å². The second-order valence-electron chi connectivity index (χ2n) is 48.4. The molecule has 148 heavy (non-hydrogen) atoms. The molecule has 0 amide bonds. The molecule has 0 bridgehead atoms. The summed E-state index contributed by atoms with van der Waals surface area (Å²) >= 11 is 0. The van der Waals surface area contributed by atoms with Crippen molar-refractivity contribution in [3.8, 4) is 0 Å². The van der Waals surface area contributed by atoms with Crippen LogP contribution in [0.3, 0.4) is 0 Å². The van der Waals surface area contributed by atoms with Crippen LogP contribution >= 0.6 is 0 Å². The third-order valence-electron chi connectivity index (χ3n) is 18.0. The zero-order valence-electron chi connectivity index (χ0n) is 97.7. The van der Waals surface area contributed by atoms with Crippen molar-refractivity contribution in [3.05, 3.63) is 431 Å². The predicted molar refractivity (Wildman–Crippen MR) is 601 cm³/mol. The summed E-state index contributed by atoms with van der Waals surface area (Å²) in [5, 5.41) is 101. The van der Waals surface area contributed by atoms with E-state index in [0.29, 0.717) is 0 Å². The fourth-order valence-corrected chi connectivity index (χ4v) is 13.6. The third-order valence-corrected chi connectivity index (χ3v) is 18.0. The van der Waals surface area contributed by atoms with E-state index in [9.17, 15) is 0 Å². The molecule has 0 radical (unpaired) electrons. The Morgan fingerprint density at radius 2 is 0.142 bits per heavy atom. The van der Waals surface area contributed by atoms with Gasteiger partial charge in [-0.15, -0.1) is 0 Å². The molecule has 0 spiro atoms. The molecule has 0 aliphatic carbocycles. The lowest BCUT2D eigenvalue weighted by Gasteiger charge is -2.35. The zero-order chi connectivity index (χ0) is 114. The Morgan fingerprint density at radius 3 is 0.176 bits per heavy atom. The minimum absolute atomic E-state index is 0.990. The van der Waals surface area contributed by atoms with E-state index in [1.165, 1.54) is 66.8 Å². The van der Waals surface area contributed by atoms with Crippen molar-refractivity contribution in [2.24, 2.45) is 0 Å². The van der Waals surface area contributed by atoms with E-state index >= 15 is 0 Å². The molecule has 12 aromatic carbocycles. The lowest BCUT2D eigenvalue weighted by Crippen LogP contribution is -2.56. The molecular weight excluding hydrogens is 1840 g/mol. The Balaban J connectivity index is -0.000000754. The van der Waals surface area contributed by atoms with Crippen molar-refractivity contribution in [1.29, 1.82) is 0 Å². The smallest absolute Gasteiger partial charge is 0.104 e. The first-order chi connectivity index (χ1) is 67.9. The molecule has 12 aromatic rings. The van der Waals surface area contributed by atoms with Crippen LogP contribution in [0.15, 0.2) is 364 Å². The van der Waals surface area contributed by atoms with Gasteiger partial charge in [-0.1, -0.05) is 364 Å². The van der Waals surface area contributed by atoms with Gasteiger partial charge in [0, 0.05) is 66.8 Å². The van der Waals surface area contributed by atoms with Crippen molar-refractivity contribution in [2.75, 3.05) is 254 Å². The first-order valence-corrected chi connectivity index (χ1v) is 49.9. The van der Waals surface area contributed by atoms with Crippen molar-refractivity contribution in [2.45, 2.75) is 78.5 Å². The molecule has 0 unspecified atom stereocenters. The quantitative estimate of drug-likeness (QED) is 0.0440. The molecule has 816 valence electrons. The van der Waals surface area contributed by atoms with Gasteiger partial charge in [0.25, 0.3) is 0 Å². The lowest BCUT2D eigenvalue weighted by atomic mass is 10.2. The van der Waals surface area contributed by atoms with Gasteiger partial charge in [0.15, 0.2) is 0 Å². The van der Waals surface area contributed by atoms with Gasteiger partial charge in [-0.2, -0.15) is 0 Å². The lowest BCUT2D eigenvalue weighted by molar-refractivity contribution is -0.884. The maximum absolute atomic E-state index is 8.42. The highest BCUT2D eigenvalue weighted by Crippen LogP contribution is 2.15. The molecule has 0 aliphatic rings. The van der Waals surface area contributed by atoms with Gasteiger partial charge in [0.05, 0.1) is 254 Å². The average Bonchev–Trinajstić information content (AvgIpc) is 0.976. The van der Waals surface area contributed by atoms with E-state index in [2.05, 4.69) is 618 Å². The average molecular weight is 2040 g/mol. The highest BCUT2D eigenvalue weighted by atomic mass is 16.5. The molecule has 24 nitrogen and oxygen atoms in total. The molecular formula is C120H192B4N12O12. The Hall–Kier alpha value is -10.1. The highest BCUT2D eigenvalue weighted by molar-refractivity contribution is 6.24. The Kier molecular flexibility index (Phi) is 74.5.